The van der Waals surface area contributed by atoms with Gasteiger partial charge in [-0.25, -0.2) is 4.39 Å². The van der Waals surface area contributed by atoms with E-state index in [0.29, 0.717) is 11.6 Å². The van der Waals surface area contributed by atoms with Crippen LogP contribution in [0.1, 0.15) is 16.2 Å². The topological polar surface area (TPSA) is 68.5 Å². The number of hydrogen-bond acceptors (Lipinski definition) is 5. The van der Waals surface area contributed by atoms with Crippen molar-refractivity contribution in [2.75, 3.05) is 7.05 Å². The molecule has 1 aromatic heterocycles. The third-order valence-corrected chi connectivity index (χ3v) is 3.88. The van der Waals surface area contributed by atoms with Crippen LogP contribution >= 0.6 is 15.9 Å². The Labute approximate surface area is 151 Å². The van der Waals surface area contributed by atoms with Gasteiger partial charge in [0.2, 0.25) is 6.39 Å². The van der Waals surface area contributed by atoms with E-state index < -0.39 is 5.82 Å². The minimum absolute atomic E-state index is 0.0414. The first kappa shape index (κ1) is 17.1. The Morgan fingerprint density at radius 2 is 2.04 bits per heavy atom. The Balaban J connectivity index is 1.72. The molecular formula is C17H13BrFN3O3. The van der Waals surface area contributed by atoms with E-state index in [9.17, 15) is 9.18 Å². The van der Waals surface area contributed by atoms with Crippen molar-refractivity contribution in [3.8, 4) is 11.5 Å². The van der Waals surface area contributed by atoms with Crippen LogP contribution in [0.25, 0.3) is 0 Å². The van der Waals surface area contributed by atoms with Gasteiger partial charge in [-0.1, -0.05) is 21.1 Å². The van der Waals surface area contributed by atoms with Gasteiger partial charge in [0, 0.05) is 17.1 Å². The molecule has 2 aromatic carbocycles. The van der Waals surface area contributed by atoms with Crippen LogP contribution in [-0.4, -0.2) is 28.0 Å². The van der Waals surface area contributed by atoms with Gasteiger partial charge >= 0.3 is 0 Å². The first-order valence-electron chi connectivity index (χ1n) is 7.26. The molecule has 0 fully saturated rings. The van der Waals surface area contributed by atoms with Crippen molar-refractivity contribution in [1.29, 1.82) is 0 Å². The third-order valence-electron chi connectivity index (χ3n) is 3.35. The molecule has 0 aliphatic carbocycles. The molecule has 0 radical (unpaired) electrons. The van der Waals surface area contributed by atoms with Gasteiger partial charge in [0.15, 0.2) is 17.4 Å². The van der Waals surface area contributed by atoms with Gasteiger partial charge in [0.25, 0.3) is 5.91 Å². The Morgan fingerprint density at radius 1 is 1.28 bits per heavy atom. The molecule has 128 valence electrons. The van der Waals surface area contributed by atoms with Gasteiger partial charge < -0.3 is 14.2 Å². The molecule has 0 unspecified atom stereocenters. The largest absolute Gasteiger partial charge is 0.454 e. The highest BCUT2D eigenvalue weighted by Crippen LogP contribution is 2.26. The molecule has 0 saturated carbocycles. The number of rotatable bonds is 5. The fourth-order valence-corrected chi connectivity index (χ4v) is 2.38. The smallest absolute Gasteiger partial charge is 0.254 e. The number of hydrogen-bond donors (Lipinski definition) is 0. The second kappa shape index (κ2) is 7.43. The van der Waals surface area contributed by atoms with Gasteiger partial charge in [-0.2, -0.15) is 4.98 Å². The zero-order valence-corrected chi connectivity index (χ0v) is 14.7. The minimum Gasteiger partial charge on any atom is -0.454 e. The highest BCUT2D eigenvalue weighted by atomic mass is 79.9. The Kier molecular flexibility index (Phi) is 5.08. The minimum atomic E-state index is -0.623. The highest BCUT2D eigenvalue weighted by molar-refractivity contribution is 9.10. The monoisotopic (exact) mass is 405 g/mol. The molecule has 0 aliphatic heterocycles. The maximum absolute atomic E-state index is 14.3. The normalized spacial score (nSPS) is 10.5. The molecule has 1 heterocycles. The average molecular weight is 406 g/mol. The lowest BCUT2D eigenvalue weighted by Gasteiger charge is -2.15. The first-order valence-corrected chi connectivity index (χ1v) is 8.06. The van der Waals surface area contributed by atoms with Gasteiger partial charge in [0.05, 0.1) is 6.54 Å². The van der Waals surface area contributed by atoms with Gasteiger partial charge in [-0.3, -0.25) is 4.79 Å². The third kappa shape index (κ3) is 4.21. The molecule has 0 aliphatic rings. The molecule has 3 aromatic rings. The van der Waals surface area contributed by atoms with Crippen LogP contribution in [0.4, 0.5) is 4.39 Å². The summed E-state index contributed by atoms with van der Waals surface area (Å²) < 4.78 is 25.3. The van der Waals surface area contributed by atoms with Crippen molar-refractivity contribution < 1.29 is 18.4 Å². The second-order valence-corrected chi connectivity index (χ2v) is 6.13. The Bertz CT molecular complexity index is 869. The summed E-state index contributed by atoms with van der Waals surface area (Å²) in [7, 11) is 1.57. The summed E-state index contributed by atoms with van der Waals surface area (Å²) in [5.74, 6) is -0.0813. The van der Waals surface area contributed by atoms with Crippen molar-refractivity contribution in [2.45, 2.75) is 6.54 Å². The van der Waals surface area contributed by atoms with Crippen LogP contribution in [0.15, 0.2) is 57.9 Å². The molecule has 25 heavy (non-hydrogen) atoms. The van der Waals surface area contributed by atoms with Gasteiger partial charge in [-0.05, 0) is 42.5 Å². The lowest BCUT2D eigenvalue weighted by atomic mass is 10.2. The number of nitrogens with zero attached hydrogens (tertiary/aromatic N) is 3. The molecule has 0 saturated heterocycles. The summed E-state index contributed by atoms with van der Waals surface area (Å²) in [6, 6.07) is 11.1. The molecule has 0 spiro atoms. The van der Waals surface area contributed by atoms with Crippen LogP contribution in [0, 0.1) is 5.82 Å². The Morgan fingerprint density at radius 3 is 2.68 bits per heavy atom. The number of aromatic nitrogens is 2. The van der Waals surface area contributed by atoms with Crippen LogP contribution < -0.4 is 4.74 Å². The fraction of sp³-hybridized carbons (Fsp3) is 0.118. The number of carbonyl (C=O) groups is 1. The number of benzene rings is 2. The van der Waals surface area contributed by atoms with Crippen molar-refractivity contribution in [3.05, 3.63) is 70.5 Å². The van der Waals surface area contributed by atoms with Crippen LogP contribution in [0.5, 0.6) is 11.5 Å². The van der Waals surface area contributed by atoms with E-state index in [1.54, 1.807) is 31.3 Å². The van der Waals surface area contributed by atoms with Crippen molar-refractivity contribution in [2.24, 2.45) is 0 Å². The quantitative estimate of drug-likeness (QED) is 0.640. The summed E-state index contributed by atoms with van der Waals surface area (Å²) in [6.07, 6.45) is 1.18. The van der Waals surface area contributed by atoms with E-state index in [1.165, 1.54) is 23.4 Å². The molecule has 0 N–H and O–H groups in total. The fourth-order valence-electron chi connectivity index (χ4n) is 2.11. The lowest BCUT2D eigenvalue weighted by Crippen LogP contribution is -2.26. The zero-order valence-electron chi connectivity index (χ0n) is 13.1. The number of ether oxygens (including phenoxy) is 1. The van der Waals surface area contributed by atoms with Crippen LogP contribution in [0.2, 0.25) is 0 Å². The summed E-state index contributed by atoms with van der Waals surface area (Å²) in [5, 5.41) is 3.64. The average Bonchev–Trinajstić information content (AvgIpc) is 3.11. The second-order valence-electron chi connectivity index (χ2n) is 5.21. The van der Waals surface area contributed by atoms with E-state index in [4.69, 9.17) is 4.74 Å². The van der Waals surface area contributed by atoms with E-state index in [-0.39, 0.29) is 23.8 Å². The maximum atomic E-state index is 14.3. The zero-order chi connectivity index (χ0) is 17.8. The van der Waals surface area contributed by atoms with Gasteiger partial charge in [0.1, 0.15) is 5.75 Å². The number of amides is 1. The van der Waals surface area contributed by atoms with E-state index in [0.717, 1.165) is 10.5 Å². The van der Waals surface area contributed by atoms with Crippen molar-refractivity contribution in [1.82, 2.24) is 15.0 Å². The molecule has 0 bridgehead atoms. The van der Waals surface area contributed by atoms with Crippen LogP contribution in [0.3, 0.4) is 0 Å². The summed E-state index contributed by atoms with van der Waals surface area (Å²) in [4.78, 5) is 17.6. The molecular weight excluding hydrogens is 393 g/mol. The predicted octanol–water partition coefficient (Wildman–Crippen LogP) is 4.04. The standard InChI is InChI=1S/C17H13BrFN3O3/c1-22(9-16-20-10-24-21-16)17(23)11-2-7-15(14(19)8-11)25-13-5-3-12(18)4-6-13/h2-8,10H,9H2,1H3. The Hall–Kier alpha value is -2.74. The number of halogens is 2. The summed E-state index contributed by atoms with van der Waals surface area (Å²) in [6.45, 7) is 0.161. The van der Waals surface area contributed by atoms with Crippen molar-refractivity contribution >= 4 is 21.8 Å². The molecule has 1 amide bonds. The maximum Gasteiger partial charge on any atom is 0.254 e. The van der Waals surface area contributed by atoms with Crippen molar-refractivity contribution in [3.63, 3.8) is 0 Å². The SMILES string of the molecule is CN(Cc1ncon1)C(=O)c1ccc(Oc2ccc(Br)cc2)c(F)c1. The summed E-state index contributed by atoms with van der Waals surface area (Å²) >= 11 is 3.32. The predicted molar refractivity (Wildman–Crippen MR) is 90.7 cm³/mol. The number of carbonyl (C=O) groups excluding carboxylic acids is 1. The molecule has 6 nitrogen and oxygen atoms in total. The van der Waals surface area contributed by atoms with E-state index in [2.05, 4.69) is 30.6 Å². The summed E-state index contributed by atoms with van der Waals surface area (Å²) in [5.41, 5.74) is 0.201. The highest BCUT2D eigenvalue weighted by Gasteiger charge is 2.16. The van der Waals surface area contributed by atoms with E-state index in [1.807, 2.05) is 0 Å². The molecule has 0 atom stereocenters. The van der Waals surface area contributed by atoms with E-state index >= 15 is 0 Å². The first-order chi connectivity index (χ1) is 12.0. The van der Waals surface area contributed by atoms with Crippen LogP contribution in [-0.2, 0) is 6.54 Å². The van der Waals surface area contributed by atoms with Gasteiger partial charge in [-0.15, -0.1) is 0 Å². The lowest BCUT2D eigenvalue weighted by molar-refractivity contribution is 0.0780. The molecule has 8 heteroatoms. The molecule has 3 rings (SSSR count).